The predicted molar refractivity (Wildman–Crippen MR) is 88.4 cm³/mol. The number of nitrogens with one attached hydrogen (secondary N) is 1. The fourth-order valence-electron chi connectivity index (χ4n) is 2.93. The van der Waals surface area contributed by atoms with Crippen molar-refractivity contribution in [2.45, 2.75) is 0 Å². The van der Waals surface area contributed by atoms with E-state index in [9.17, 15) is 4.79 Å². The number of amides is 1. The van der Waals surface area contributed by atoms with Gasteiger partial charge in [0.1, 0.15) is 0 Å². The Morgan fingerprint density at radius 3 is 2.61 bits per heavy atom. The highest BCUT2D eigenvalue weighted by Gasteiger charge is 2.23. The molecule has 6 nitrogen and oxygen atoms in total. The molecule has 0 aliphatic carbocycles. The van der Waals surface area contributed by atoms with Crippen molar-refractivity contribution >= 4 is 22.8 Å². The summed E-state index contributed by atoms with van der Waals surface area (Å²) < 4.78 is 0. The van der Waals surface area contributed by atoms with E-state index in [4.69, 9.17) is 0 Å². The van der Waals surface area contributed by atoms with Gasteiger partial charge in [0, 0.05) is 55.8 Å². The predicted octanol–water partition coefficient (Wildman–Crippen LogP) is 1.92. The third kappa shape index (κ3) is 2.63. The quantitative estimate of drug-likeness (QED) is 0.785. The van der Waals surface area contributed by atoms with Crippen LogP contribution in [0.15, 0.2) is 48.9 Å². The van der Waals surface area contributed by atoms with E-state index in [2.05, 4.69) is 19.9 Å². The van der Waals surface area contributed by atoms with Gasteiger partial charge in [-0.25, -0.2) is 9.97 Å². The molecule has 3 heterocycles. The lowest BCUT2D eigenvalue weighted by molar-refractivity contribution is 0.0746. The summed E-state index contributed by atoms with van der Waals surface area (Å²) in [5, 5.41) is 1.12. The summed E-state index contributed by atoms with van der Waals surface area (Å²) in [5.74, 6) is 0.808. The minimum absolute atomic E-state index is 0.0788. The summed E-state index contributed by atoms with van der Waals surface area (Å²) in [5.41, 5.74) is 1.72. The van der Waals surface area contributed by atoms with Gasteiger partial charge in [-0.3, -0.25) is 4.79 Å². The lowest BCUT2D eigenvalue weighted by Crippen LogP contribution is -2.49. The first-order chi connectivity index (χ1) is 11.3. The zero-order valence-corrected chi connectivity index (χ0v) is 12.6. The Morgan fingerprint density at radius 1 is 1.04 bits per heavy atom. The molecule has 0 radical (unpaired) electrons. The van der Waals surface area contributed by atoms with Gasteiger partial charge >= 0.3 is 0 Å². The van der Waals surface area contributed by atoms with Crippen LogP contribution < -0.4 is 4.90 Å². The van der Waals surface area contributed by atoms with Gasteiger partial charge < -0.3 is 14.8 Å². The molecule has 6 heteroatoms. The van der Waals surface area contributed by atoms with Gasteiger partial charge in [0.15, 0.2) is 0 Å². The first-order valence-electron chi connectivity index (χ1n) is 7.70. The van der Waals surface area contributed by atoms with E-state index in [0.717, 1.165) is 35.5 Å². The Balaban J connectivity index is 1.46. The number of benzene rings is 1. The Labute approximate surface area is 133 Å². The molecular weight excluding hydrogens is 290 g/mol. The summed E-state index contributed by atoms with van der Waals surface area (Å²) in [7, 11) is 0. The van der Waals surface area contributed by atoms with E-state index >= 15 is 0 Å². The zero-order valence-electron chi connectivity index (χ0n) is 12.6. The van der Waals surface area contributed by atoms with Crippen molar-refractivity contribution in [1.29, 1.82) is 0 Å². The minimum Gasteiger partial charge on any atom is -0.361 e. The monoisotopic (exact) mass is 307 g/mol. The molecular formula is C17H17N5O. The minimum atomic E-state index is 0.0788. The number of hydrogen-bond acceptors (Lipinski definition) is 4. The number of hydrogen-bond donors (Lipinski definition) is 1. The van der Waals surface area contributed by atoms with E-state index in [-0.39, 0.29) is 5.91 Å². The van der Waals surface area contributed by atoms with Crippen molar-refractivity contribution in [1.82, 2.24) is 19.9 Å². The largest absolute Gasteiger partial charge is 0.361 e. The van der Waals surface area contributed by atoms with Crippen molar-refractivity contribution in [2.75, 3.05) is 31.1 Å². The Hall–Kier alpha value is -2.89. The van der Waals surface area contributed by atoms with Crippen LogP contribution in [0.2, 0.25) is 0 Å². The highest BCUT2D eigenvalue weighted by Crippen LogP contribution is 2.17. The number of piperazine rings is 1. The number of carbonyl (C=O) groups excluding carboxylic acids is 1. The van der Waals surface area contributed by atoms with Gasteiger partial charge in [-0.2, -0.15) is 0 Å². The summed E-state index contributed by atoms with van der Waals surface area (Å²) >= 11 is 0. The van der Waals surface area contributed by atoms with Crippen molar-refractivity contribution in [3.8, 4) is 0 Å². The van der Waals surface area contributed by atoms with Crippen LogP contribution >= 0.6 is 0 Å². The summed E-state index contributed by atoms with van der Waals surface area (Å²) in [6, 6.07) is 9.60. The molecule has 116 valence electrons. The highest BCUT2D eigenvalue weighted by atomic mass is 16.2. The number of nitrogens with zero attached hydrogens (tertiary/aromatic N) is 4. The smallest absolute Gasteiger partial charge is 0.254 e. The molecule has 0 bridgehead atoms. The second-order valence-electron chi connectivity index (χ2n) is 5.61. The van der Waals surface area contributed by atoms with Gasteiger partial charge in [0.05, 0.1) is 0 Å². The van der Waals surface area contributed by atoms with Crippen LogP contribution in [0.25, 0.3) is 10.9 Å². The van der Waals surface area contributed by atoms with E-state index in [0.29, 0.717) is 13.1 Å². The number of carbonyl (C=O) groups is 1. The van der Waals surface area contributed by atoms with E-state index < -0.39 is 0 Å². The van der Waals surface area contributed by atoms with Crippen LogP contribution in [0.3, 0.4) is 0 Å². The van der Waals surface area contributed by atoms with Crippen LogP contribution in [-0.4, -0.2) is 51.9 Å². The lowest BCUT2D eigenvalue weighted by Gasteiger charge is -2.34. The summed E-state index contributed by atoms with van der Waals surface area (Å²) in [4.78, 5) is 28.4. The van der Waals surface area contributed by atoms with Crippen LogP contribution in [0, 0.1) is 0 Å². The fourth-order valence-corrected chi connectivity index (χ4v) is 2.93. The molecule has 0 saturated carbocycles. The van der Waals surface area contributed by atoms with E-state index in [1.165, 1.54) is 0 Å². The van der Waals surface area contributed by atoms with Crippen molar-refractivity contribution in [3.05, 3.63) is 54.5 Å². The van der Waals surface area contributed by atoms with Gasteiger partial charge in [0.25, 0.3) is 5.91 Å². The molecule has 0 spiro atoms. The van der Waals surface area contributed by atoms with Gasteiger partial charge in [-0.1, -0.05) is 6.07 Å². The first kappa shape index (κ1) is 13.8. The maximum absolute atomic E-state index is 12.7. The van der Waals surface area contributed by atoms with Gasteiger partial charge in [0.2, 0.25) is 5.95 Å². The number of H-pyrrole nitrogens is 1. The average Bonchev–Trinajstić information content (AvgIpc) is 3.10. The number of anilines is 1. The zero-order chi connectivity index (χ0) is 15.6. The molecule has 23 heavy (non-hydrogen) atoms. The van der Waals surface area contributed by atoms with Crippen LogP contribution in [0.5, 0.6) is 0 Å². The number of rotatable bonds is 2. The Kier molecular flexibility index (Phi) is 3.42. The maximum Gasteiger partial charge on any atom is 0.254 e. The molecule has 3 aromatic rings. The topological polar surface area (TPSA) is 65.1 Å². The third-order valence-electron chi connectivity index (χ3n) is 4.20. The molecule has 1 N–H and O–H groups in total. The SMILES string of the molecule is O=C(c1ccc2cc[nH]c2c1)N1CCN(c2ncccn2)CC1. The summed E-state index contributed by atoms with van der Waals surface area (Å²) in [6.07, 6.45) is 5.37. The third-order valence-corrected chi connectivity index (χ3v) is 4.20. The molecule has 0 unspecified atom stereocenters. The molecule has 1 saturated heterocycles. The molecule has 1 aliphatic rings. The molecule has 1 amide bonds. The van der Waals surface area contributed by atoms with Crippen LogP contribution in [0.1, 0.15) is 10.4 Å². The lowest BCUT2D eigenvalue weighted by atomic mass is 10.1. The van der Waals surface area contributed by atoms with Crippen molar-refractivity contribution in [3.63, 3.8) is 0 Å². The fraction of sp³-hybridized carbons (Fsp3) is 0.235. The Morgan fingerprint density at radius 2 is 1.83 bits per heavy atom. The van der Waals surface area contributed by atoms with E-state index in [1.54, 1.807) is 18.5 Å². The van der Waals surface area contributed by atoms with Crippen LogP contribution in [0.4, 0.5) is 5.95 Å². The van der Waals surface area contributed by atoms with Gasteiger partial charge in [-0.05, 0) is 29.7 Å². The maximum atomic E-state index is 12.7. The normalized spacial score (nSPS) is 15.1. The first-order valence-corrected chi connectivity index (χ1v) is 7.70. The molecule has 2 aromatic heterocycles. The van der Waals surface area contributed by atoms with E-state index in [1.807, 2.05) is 35.4 Å². The second kappa shape index (κ2) is 5.72. The van der Waals surface area contributed by atoms with Crippen LogP contribution in [-0.2, 0) is 0 Å². The second-order valence-corrected chi connectivity index (χ2v) is 5.61. The molecule has 1 aliphatic heterocycles. The molecule has 1 aromatic carbocycles. The number of fused-ring (bicyclic) bond motifs is 1. The highest BCUT2D eigenvalue weighted by molar-refractivity contribution is 5.98. The molecule has 0 atom stereocenters. The average molecular weight is 307 g/mol. The van der Waals surface area contributed by atoms with Gasteiger partial charge in [-0.15, -0.1) is 0 Å². The van der Waals surface area contributed by atoms with Crippen molar-refractivity contribution in [2.24, 2.45) is 0 Å². The molecule has 1 fully saturated rings. The Bertz CT molecular complexity index is 821. The molecule has 4 rings (SSSR count). The number of aromatic nitrogens is 3. The van der Waals surface area contributed by atoms with Crippen molar-refractivity contribution < 1.29 is 4.79 Å². The standard InChI is InChI=1S/C17H17N5O/c23-16(14-3-2-13-4-7-18-15(13)12-14)21-8-10-22(11-9-21)17-19-5-1-6-20-17/h1-7,12,18H,8-11H2. The number of aromatic amines is 1. The summed E-state index contributed by atoms with van der Waals surface area (Å²) in [6.45, 7) is 2.86.